The van der Waals surface area contributed by atoms with Gasteiger partial charge in [-0.1, -0.05) is 42.5 Å². The van der Waals surface area contributed by atoms with Crippen LogP contribution in [0.3, 0.4) is 0 Å². The Labute approximate surface area is 239 Å². The third-order valence-electron chi connectivity index (χ3n) is 7.00. The Morgan fingerprint density at radius 2 is 1.71 bits per heavy atom. The summed E-state index contributed by atoms with van der Waals surface area (Å²) >= 11 is 0. The normalized spacial score (nSPS) is 13.5. The summed E-state index contributed by atoms with van der Waals surface area (Å²) in [4.78, 5) is 30.0. The number of hydrogen-bond acceptors (Lipinski definition) is 6. The molecule has 2 amide bonds. The van der Waals surface area contributed by atoms with Gasteiger partial charge in [-0.2, -0.15) is 0 Å². The van der Waals surface area contributed by atoms with Gasteiger partial charge in [-0.05, 0) is 63.0 Å². The number of benzene rings is 4. The number of anilines is 2. The van der Waals surface area contributed by atoms with Crippen LogP contribution in [0.15, 0.2) is 83.8 Å². The van der Waals surface area contributed by atoms with Crippen LogP contribution in [0.25, 0.3) is 10.8 Å². The predicted octanol–water partition coefficient (Wildman–Crippen LogP) is 4.60. The Bertz CT molecular complexity index is 1740. The quantitative estimate of drug-likeness (QED) is 0.320. The number of rotatable bonds is 8. The van der Waals surface area contributed by atoms with Crippen molar-refractivity contribution in [3.05, 3.63) is 95.6 Å². The zero-order valence-electron chi connectivity index (χ0n) is 23.2. The van der Waals surface area contributed by atoms with Crippen LogP contribution in [0.5, 0.6) is 5.75 Å². The highest BCUT2D eigenvalue weighted by Gasteiger charge is 2.26. The van der Waals surface area contributed by atoms with Crippen molar-refractivity contribution in [1.29, 1.82) is 0 Å². The van der Waals surface area contributed by atoms with Crippen molar-refractivity contribution in [3.63, 3.8) is 0 Å². The summed E-state index contributed by atoms with van der Waals surface area (Å²) in [5.74, 6) is -0.0671. The number of carbonyl (C=O) groups excluding carboxylic acids is 2. The average Bonchev–Trinajstić information content (AvgIpc) is 3.10. The SMILES string of the molecule is Cc1ccccc1C(=O)Nc1ccc(S(=O)(=O)Nc2ccc3c(c2)C(=O)N(CCN(C)C)CCO3)c2ccccc12. The van der Waals surface area contributed by atoms with E-state index in [4.69, 9.17) is 4.74 Å². The largest absolute Gasteiger partial charge is 0.491 e. The maximum Gasteiger partial charge on any atom is 0.262 e. The van der Waals surface area contributed by atoms with Gasteiger partial charge in [0.05, 0.1) is 17.0 Å². The molecule has 2 N–H and O–H groups in total. The van der Waals surface area contributed by atoms with Gasteiger partial charge < -0.3 is 19.9 Å². The lowest BCUT2D eigenvalue weighted by molar-refractivity contribution is 0.0744. The van der Waals surface area contributed by atoms with Crippen molar-refractivity contribution in [2.75, 3.05) is 50.4 Å². The number of sulfonamides is 1. The highest BCUT2D eigenvalue weighted by Crippen LogP contribution is 2.32. The third-order valence-corrected chi connectivity index (χ3v) is 8.44. The minimum atomic E-state index is -4.07. The first-order valence-electron chi connectivity index (χ1n) is 13.3. The molecule has 0 saturated heterocycles. The van der Waals surface area contributed by atoms with Crippen molar-refractivity contribution >= 4 is 44.0 Å². The Morgan fingerprint density at radius 1 is 0.976 bits per heavy atom. The number of fused-ring (bicyclic) bond motifs is 2. The van der Waals surface area contributed by atoms with Gasteiger partial charge in [-0.25, -0.2) is 8.42 Å². The second-order valence-electron chi connectivity index (χ2n) is 10.2. The molecule has 0 saturated carbocycles. The lowest BCUT2D eigenvalue weighted by atomic mass is 10.1. The van der Waals surface area contributed by atoms with Gasteiger partial charge in [0.2, 0.25) is 0 Å². The van der Waals surface area contributed by atoms with Crippen LogP contribution in [-0.2, 0) is 10.0 Å². The Balaban J connectivity index is 1.44. The molecule has 0 atom stereocenters. The summed E-state index contributed by atoms with van der Waals surface area (Å²) in [6, 6.07) is 22.0. The van der Waals surface area contributed by atoms with E-state index in [0.717, 1.165) is 5.56 Å². The summed E-state index contributed by atoms with van der Waals surface area (Å²) in [5.41, 5.74) is 2.43. The van der Waals surface area contributed by atoms with E-state index in [1.807, 2.05) is 38.1 Å². The summed E-state index contributed by atoms with van der Waals surface area (Å²) < 4.78 is 35.7. The molecule has 10 heteroatoms. The van der Waals surface area contributed by atoms with E-state index in [9.17, 15) is 18.0 Å². The highest BCUT2D eigenvalue weighted by molar-refractivity contribution is 7.93. The zero-order chi connectivity index (χ0) is 29.1. The molecule has 0 radical (unpaired) electrons. The van der Waals surface area contributed by atoms with Crippen LogP contribution in [0.1, 0.15) is 26.3 Å². The minimum absolute atomic E-state index is 0.0483. The van der Waals surface area contributed by atoms with E-state index in [0.29, 0.717) is 59.6 Å². The first-order chi connectivity index (χ1) is 19.6. The maximum atomic E-state index is 13.6. The van der Waals surface area contributed by atoms with Gasteiger partial charge in [0, 0.05) is 40.8 Å². The number of amides is 2. The third kappa shape index (κ3) is 6.03. The van der Waals surface area contributed by atoms with Gasteiger partial charge in [0.25, 0.3) is 21.8 Å². The number of hydrogen-bond donors (Lipinski definition) is 2. The van der Waals surface area contributed by atoms with E-state index in [2.05, 4.69) is 10.0 Å². The van der Waals surface area contributed by atoms with Crippen molar-refractivity contribution in [2.24, 2.45) is 0 Å². The van der Waals surface area contributed by atoms with Crippen LogP contribution < -0.4 is 14.8 Å². The van der Waals surface area contributed by atoms with Crippen molar-refractivity contribution in [1.82, 2.24) is 9.80 Å². The molecule has 0 aromatic heterocycles. The molecule has 41 heavy (non-hydrogen) atoms. The standard InChI is InChI=1S/C31H32N4O5S/c1-21-8-4-5-9-23(21)30(36)32-27-13-15-29(25-11-7-6-10-24(25)27)41(38,39)33-22-12-14-28-26(20-22)31(37)35(18-19-40-28)17-16-34(2)3/h4-15,20,33H,16-19H2,1-3H3,(H,32,36). The Morgan fingerprint density at radius 3 is 2.46 bits per heavy atom. The van der Waals surface area contributed by atoms with Crippen LogP contribution in [0.2, 0.25) is 0 Å². The smallest absolute Gasteiger partial charge is 0.262 e. The number of likely N-dealkylation sites (N-methyl/N-ethyl adjacent to an activating group) is 1. The first-order valence-corrected chi connectivity index (χ1v) is 14.7. The molecule has 0 spiro atoms. The van der Waals surface area contributed by atoms with Crippen molar-refractivity contribution in [2.45, 2.75) is 11.8 Å². The molecule has 0 aliphatic carbocycles. The fraction of sp³-hybridized carbons (Fsp3) is 0.226. The fourth-order valence-corrected chi connectivity index (χ4v) is 6.06. The number of nitrogens with one attached hydrogen (secondary N) is 2. The Kier molecular flexibility index (Phi) is 7.96. The van der Waals surface area contributed by atoms with Crippen LogP contribution in [-0.4, -0.2) is 70.4 Å². The molecule has 4 aromatic carbocycles. The number of carbonyl (C=O) groups is 2. The van der Waals surface area contributed by atoms with Gasteiger partial charge in [-0.15, -0.1) is 0 Å². The molecule has 0 bridgehead atoms. The molecule has 1 aliphatic rings. The van der Waals surface area contributed by atoms with Crippen LogP contribution in [0.4, 0.5) is 11.4 Å². The molecule has 212 valence electrons. The predicted molar refractivity (Wildman–Crippen MR) is 160 cm³/mol. The van der Waals surface area contributed by atoms with Crippen LogP contribution in [0, 0.1) is 6.92 Å². The highest BCUT2D eigenvalue weighted by atomic mass is 32.2. The average molecular weight is 573 g/mol. The summed E-state index contributed by atoms with van der Waals surface area (Å²) in [5, 5.41) is 3.96. The fourth-order valence-electron chi connectivity index (χ4n) is 4.80. The van der Waals surface area contributed by atoms with Gasteiger partial charge in [-0.3, -0.25) is 14.3 Å². The zero-order valence-corrected chi connectivity index (χ0v) is 24.0. The molecule has 5 rings (SSSR count). The van der Waals surface area contributed by atoms with Crippen molar-refractivity contribution in [3.8, 4) is 5.75 Å². The molecular formula is C31H32N4O5S. The summed E-state index contributed by atoms with van der Waals surface area (Å²) in [6.45, 7) is 3.89. The lowest BCUT2D eigenvalue weighted by Crippen LogP contribution is -2.37. The summed E-state index contributed by atoms with van der Waals surface area (Å²) in [6.07, 6.45) is 0. The Hall–Kier alpha value is -4.41. The van der Waals surface area contributed by atoms with Gasteiger partial charge >= 0.3 is 0 Å². The topological polar surface area (TPSA) is 108 Å². The molecule has 1 heterocycles. The van der Waals surface area contributed by atoms with E-state index in [-0.39, 0.29) is 22.4 Å². The van der Waals surface area contributed by atoms with E-state index in [1.165, 1.54) is 12.1 Å². The molecule has 4 aromatic rings. The molecule has 1 aliphatic heterocycles. The van der Waals surface area contributed by atoms with Gasteiger partial charge in [0.15, 0.2) is 0 Å². The molecule has 9 nitrogen and oxygen atoms in total. The van der Waals surface area contributed by atoms with Gasteiger partial charge in [0.1, 0.15) is 12.4 Å². The van der Waals surface area contributed by atoms with E-state index in [1.54, 1.807) is 59.5 Å². The second-order valence-corrected chi connectivity index (χ2v) is 11.8. The minimum Gasteiger partial charge on any atom is -0.491 e. The van der Waals surface area contributed by atoms with Crippen molar-refractivity contribution < 1.29 is 22.7 Å². The molecular weight excluding hydrogens is 540 g/mol. The number of ether oxygens (including phenoxy) is 1. The molecule has 0 fully saturated rings. The summed E-state index contributed by atoms with van der Waals surface area (Å²) in [7, 11) is -0.190. The monoisotopic (exact) mass is 572 g/mol. The van der Waals surface area contributed by atoms with Crippen LogP contribution >= 0.6 is 0 Å². The molecule has 0 unspecified atom stereocenters. The maximum absolute atomic E-state index is 13.6. The number of nitrogens with zero attached hydrogens (tertiary/aromatic N) is 2. The lowest BCUT2D eigenvalue weighted by Gasteiger charge is -2.22. The van der Waals surface area contributed by atoms with E-state index >= 15 is 0 Å². The second kappa shape index (κ2) is 11.6. The number of aryl methyl sites for hydroxylation is 1. The van der Waals surface area contributed by atoms with E-state index < -0.39 is 10.0 Å². The first kappa shape index (κ1) is 28.1.